The van der Waals surface area contributed by atoms with Crippen LogP contribution < -0.4 is 15.0 Å². The Labute approximate surface area is 231 Å². The summed E-state index contributed by atoms with van der Waals surface area (Å²) >= 11 is 0. The fraction of sp³-hybridized carbons (Fsp3) is 0.286. The maximum Gasteiger partial charge on any atom is 0.322 e. The zero-order valence-corrected chi connectivity index (χ0v) is 22.7. The number of hydrogen-bond acceptors (Lipinski definition) is 9. The van der Waals surface area contributed by atoms with E-state index in [0.717, 1.165) is 5.69 Å². The fourth-order valence-electron chi connectivity index (χ4n) is 4.64. The number of aryl methyl sites for hydroxylation is 2. The van der Waals surface area contributed by atoms with Crippen LogP contribution in [-0.4, -0.2) is 65.7 Å². The fourth-order valence-corrected chi connectivity index (χ4v) is 4.64. The molecule has 1 amide bonds. The summed E-state index contributed by atoms with van der Waals surface area (Å²) in [5.41, 5.74) is 2.65. The van der Waals surface area contributed by atoms with Gasteiger partial charge in [-0.05, 0) is 50.6 Å². The third-order valence-electron chi connectivity index (χ3n) is 6.66. The minimum absolute atomic E-state index is 0.00484. The van der Waals surface area contributed by atoms with Crippen LogP contribution in [0.5, 0.6) is 11.8 Å². The molecule has 3 aromatic heterocycles. The SMILES string of the molecule is C=CC(=O)N1C[C@H](C)N(c2nc(Nc3cnn(C)c3)ncc2-c2ccc(Oc3nccc(C)n3)c(F)c2)C[C@@H]1C. The average molecular weight is 544 g/mol. The van der Waals surface area contributed by atoms with Gasteiger partial charge in [-0.2, -0.15) is 10.1 Å². The van der Waals surface area contributed by atoms with Crippen molar-refractivity contribution in [1.29, 1.82) is 0 Å². The molecular weight excluding hydrogens is 513 g/mol. The van der Waals surface area contributed by atoms with Crippen molar-refractivity contribution in [2.24, 2.45) is 7.05 Å². The van der Waals surface area contributed by atoms with Gasteiger partial charge in [-0.15, -0.1) is 0 Å². The zero-order chi connectivity index (χ0) is 28.4. The van der Waals surface area contributed by atoms with Gasteiger partial charge >= 0.3 is 6.01 Å². The Kier molecular flexibility index (Phi) is 7.41. The zero-order valence-electron chi connectivity index (χ0n) is 22.7. The third kappa shape index (κ3) is 5.60. The van der Waals surface area contributed by atoms with Crippen LogP contribution in [0.15, 0.2) is 61.7 Å². The van der Waals surface area contributed by atoms with Crippen molar-refractivity contribution in [3.8, 4) is 22.9 Å². The first-order chi connectivity index (χ1) is 19.2. The van der Waals surface area contributed by atoms with E-state index in [-0.39, 0.29) is 29.8 Å². The van der Waals surface area contributed by atoms with Gasteiger partial charge < -0.3 is 19.9 Å². The lowest BCUT2D eigenvalue weighted by Crippen LogP contribution is -2.58. The van der Waals surface area contributed by atoms with Crippen molar-refractivity contribution >= 4 is 23.4 Å². The maximum absolute atomic E-state index is 15.3. The molecule has 0 spiro atoms. The molecule has 40 heavy (non-hydrogen) atoms. The lowest BCUT2D eigenvalue weighted by atomic mass is 10.0. The Morgan fingerprint density at radius 3 is 2.67 bits per heavy atom. The largest absolute Gasteiger partial charge is 0.421 e. The predicted molar refractivity (Wildman–Crippen MR) is 149 cm³/mol. The van der Waals surface area contributed by atoms with Crippen LogP contribution in [0.1, 0.15) is 19.5 Å². The Morgan fingerprint density at radius 2 is 1.98 bits per heavy atom. The van der Waals surface area contributed by atoms with Crippen LogP contribution in [0.2, 0.25) is 0 Å². The first-order valence-electron chi connectivity index (χ1n) is 12.8. The van der Waals surface area contributed by atoms with Crippen LogP contribution in [0.3, 0.4) is 0 Å². The molecule has 12 heteroatoms. The number of benzene rings is 1. The number of anilines is 3. The van der Waals surface area contributed by atoms with Gasteiger partial charge in [-0.25, -0.2) is 19.3 Å². The number of ether oxygens (including phenoxy) is 1. The van der Waals surface area contributed by atoms with E-state index in [1.54, 1.807) is 47.2 Å². The standard InChI is InChI=1S/C28H30FN9O2/c1-6-25(39)37-14-19(4)38(15-18(37)3)26-22(13-31-27(35-26)34-21-12-32-36(5)16-21)20-7-8-24(23(29)11-20)40-28-30-10-9-17(2)33-28/h6-13,16,18-19H,1,14-15H2,2-5H3,(H,31,34,35)/t18-,19-/m0/s1. The highest BCUT2D eigenvalue weighted by Gasteiger charge is 2.33. The molecule has 1 aliphatic heterocycles. The monoisotopic (exact) mass is 543 g/mol. The third-order valence-corrected chi connectivity index (χ3v) is 6.66. The number of carbonyl (C=O) groups excluding carboxylic acids is 1. The van der Waals surface area contributed by atoms with Crippen LogP contribution in [0.4, 0.5) is 21.8 Å². The second-order valence-electron chi connectivity index (χ2n) is 9.73. The van der Waals surface area contributed by atoms with E-state index < -0.39 is 5.82 Å². The van der Waals surface area contributed by atoms with E-state index in [1.165, 1.54) is 18.2 Å². The van der Waals surface area contributed by atoms with Crippen LogP contribution in [0.25, 0.3) is 11.1 Å². The minimum Gasteiger partial charge on any atom is -0.421 e. The number of carbonyl (C=O) groups is 1. The Balaban J connectivity index is 1.51. The number of halogens is 1. The maximum atomic E-state index is 15.3. The Bertz CT molecular complexity index is 1560. The minimum atomic E-state index is -0.575. The molecule has 4 heterocycles. The highest BCUT2D eigenvalue weighted by molar-refractivity contribution is 5.87. The molecule has 1 aliphatic rings. The highest BCUT2D eigenvalue weighted by atomic mass is 19.1. The molecule has 11 nitrogen and oxygen atoms in total. The molecule has 1 aromatic carbocycles. The molecule has 0 radical (unpaired) electrons. The number of rotatable bonds is 7. The second-order valence-corrected chi connectivity index (χ2v) is 9.73. The van der Waals surface area contributed by atoms with Gasteiger partial charge in [0.15, 0.2) is 11.6 Å². The molecule has 5 rings (SSSR count). The van der Waals surface area contributed by atoms with E-state index in [4.69, 9.17) is 9.72 Å². The topological polar surface area (TPSA) is 114 Å². The predicted octanol–water partition coefficient (Wildman–Crippen LogP) is 4.26. The lowest BCUT2D eigenvalue weighted by molar-refractivity contribution is -0.128. The van der Waals surface area contributed by atoms with Crippen LogP contribution in [0, 0.1) is 12.7 Å². The number of nitrogens with one attached hydrogen (secondary N) is 1. The first kappa shape index (κ1) is 26.7. The summed E-state index contributed by atoms with van der Waals surface area (Å²) in [7, 11) is 1.82. The number of aromatic nitrogens is 6. The Morgan fingerprint density at radius 1 is 1.15 bits per heavy atom. The van der Waals surface area contributed by atoms with Crippen molar-refractivity contribution in [2.75, 3.05) is 23.3 Å². The molecule has 206 valence electrons. The molecule has 0 bridgehead atoms. The molecule has 0 unspecified atom stereocenters. The molecular formula is C28H30FN9O2. The summed E-state index contributed by atoms with van der Waals surface area (Å²) < 4.78 is 22.5. The number of piperazine rings is 1. The highest BCUT2D eigenvalue weighted by Crippen LogP contribution is 2.35. The lowest BCUT2D eigenvalue weighted by Gasteiger charge is -2.44. The van der Waals surface area contributed by atoms with E-state index in [9.17, 15) is 4.79 Å². The molecule has 2 atom stereocenters. The smallest absolute Gasteiger partial charge is 0.322 e. The summed E-state index contributed by atoms with van der Waals surface area (Å²) in [5.74, 6) is 0.296. The van der Waals surface area contributed by atoms with Gasteiger partial charge in [-0.1, -0.05) is 12.6 Å². The molecule has 1 fully saturated rings. The van der Waals surface area contributed by atoms with Gasteiger partial charge in [0.2, 0.25) is 11.9 Å². The molecule has 4 aromatic rings. The average Bonchev–Trinajstić information content (AvgIpc) is 3.34. The molecule has 0 aliphatic carbocycles. The van der Waals surface area contributed by atoms with Crippen molar-refractivity contribution in [2.45, 2.75) is 32.9 Å². The van der Waals surface area contributed by atoms with Gasteiger partial charge in [0.25, 0.3) is 0 Å². The summed E-state index contributed by atoms with van der Waals surface area (Å²) in [6.07, 6.45) is 8.04. The molecule has 0 saturated carbocycles. The molecule has 1 N–H and O–H groups in total. The van der Waals surface area contributed by atoms with E-state index in [2.05, 4.69) is 36.8 Å². The van der Waals surface area contributed by atoms with E-state index in [0.29, 0.717) is 41.7 Å². The van der Waals surface area contributed by atoms with Gasteiger partial charge in [-0.3, -0.25) is 9.48 Å². The summed E-state index contributed by atoms with van der Waals surface area (Å²) in [6.45, 7) is 10.4. The summed E-state index contributed by atoms with van der Waals surface area (Å²) in [6, 6.07) is 6.29. The quantitative estimate of drug-likeness (QED) is 0.342. The normalized spacial score (nSPS) is 17.0. The summed E-state index contributed by atoms with van der Waals surface area (Å²) in [5, 5.41) is 7.36. The van der Waals surface area contributed by atoms with Crippen LogP contribution >= 0.6 is 0 Å². The van der Waals surface area contributed by atoms with Crippen molar-refractivity contribution < 1.29 is 13.9 Å². The number of amides is 1. The summed E-state index contributed by atoms with van der Waals surface area (Å²) in [4.78, 5) is 33.9. The second kappa shape index (κ2) is 11.1. The van der Waals surface area contributed by atoms with Gasteiger partial charge in [0, 0.05) is 62.1 Å². The van der Waals surface area contributed by atoms with E-state index in [1.807, 2.05) is 27.1 Å². The van der Waals surface area contributed by atoms with Gasteiger partial charge in [0.05, 0.1) is 11.9 Å². The van der Waals surface area contributed by atoms with Crippen molar-refractivity contribution in [3.05, 3.63) is 73.2 Å². The van der Waals surface area contributed by atoms with Gasteiger partial charge in [0.1, 0.15) is 5.82 Å². The number of hydrogen-bond donors (Lipinski definition) is 1. The van der Waals surface area contributed by atoms with Crippen molar-refractivity contribution in [1.82, 2.24) is 34.6 Å². The number of nitrogens with zero attached hydrogens (tertiary/aromatic N) is 8. The van der Waals surface area contributed by atoms with Crippen molar-refractivity contribution in [3.63, 3.8) is 0 Å². The first-order valence-corrected chi connectivity index (χ1v) is 12.8. The van der Waals surface area contributed by atoms with E-state index >= 15 is 4.39 Å². The Hall–Kier alpha value is -4.87. The molecule has 1 saturated heterocycles. The van der Waals surface area contributed by atoms with Crippen LogP contribution in [-0.2, 0) is 11.8 Å².